The molecule has 10 heteroatoms. The van der Waals surface area contributed by atoms with Gasteiger partial charge < -0.3 is 4.74 Å². The van der Waals surface area contributed by atoms with E-state index in [2.05, 4.69) is 20.5 Å². The van der Waals surface area contributed by atoms with Crippen LogP contribution in [0.5, 0.6) is 5.75 Å². The van der Waals surface area contributed by atoms with E-state index < -0.39 is 10.8 Å². The molecule has 0 fully saturated rings. The molecule has 2 rings (SSSR count). The van der Waals surface area contributed by atoms with Gasteiger partial charge in [-0.15, -0.1) is 5.10 Å². The minimum absolute atomic E-state index is 0.0422. The summed E-state index contributed by atoms with van der Waals surface area (Å²) in [6.07, 6.45) is 0. The Morgan fingerprint density at radius 2 is 2.18 bits per heavy atom. The first kappa shape index (κ1) is 15.8. The first-order chi connectivity index (χ1) is 10.6. The quantitative estimate of drug-likeness (QED) is 0.452. The highest BCUT2D eigenvalue weighted by atomic mass is 32.2. The standard InChI is InChI=1S/C12H13N5O4S/c1-2-22-12-14-11(15-16-12)13-10(18)7-21-9-5-3-8(4-6-9)17(19)20/h3-6H,2,7H2,1H3,(H2,13,14,15,16,18). The van der Waals surface area contributed by atoms with Gasteiger partial charge in [-0.3, -0.25) is 20.2 Å². The number of anilines is 1. The number of carbonyl (C=O) groups is 1. The Bertz CT molecular complexity index is 658. The molecule has 1 heterocycles. The number of benzene rings is 1. The molecule has 22 heavy (non-hydrogen) atoms. The Morgan fingerprint density at radius 3 is 2.82 bits per heavy atom. The van der Waals surface area contributed by atoms with Crippen LogP contribution in [0.15, 0.2) is 29.4 Å². The first-order valence-electron chi connectivity index (χ1n) is 6.30. The van der Waals surface area contributed by atoms with Gasteiger partial charge in [0.15, 0.2) is 6.61 Å². The second kappa shape index (κ2) is 7.41. The van der Waals surface area contributed by atoms with Gasteiger partial charge in [-0.2, -0.15) is 4.98 Å². The Balaban J connectivity index is 1.82. The molecule has 0 saturated heterocycles. The first-order valence-corrected chi connectivity index (χ1v) is 7.29. The van der Waals surface area contributed by atoms with Crippen LogP contribution < -0.4 is 10.1 Å². The molecule has 0 aliphatic rings. The SMILES string of the molecule is CCSc1n[nH]c(NC(=O)COc2ccc([N+](=O)[O-])cc2)n1. The van der Waals surface area contributed by atoms with E-state index in [9.17, 15) is 14.9 Å². The van der Waals surface area contributed by atoms with Crippen molar-refractivity contribution in [1.29, 1.82) is 0 Å². The van der Waals surface area contributed by atoms with Crippen molar-refractivity contribution in [2.45, 2.75) is 12.1 Å². The molecule has 0 unspecified atom stereocenters. The average molecular weight is 323 g/mol. The number of ether oxygens (including phenoxy) is 1. The molecule has 0 atom stereocenters. The number of thioether (sulfide) groups is 1. The van der Waals surface area contributed by atoms with Crippen molar-refractivity contribution in [3.63, 3.8) is 0 Å². The monoisotopic (exact) mass is 323 g/mol. The van der Waals surface area contributed by atoms with Crippen LogP contribution in [-0.2, 0) is 4.79 Å². The molecule has 0 radical (unpaired) electrons. The van der Waals surface area contributed by atoms with E-state index in [0.717, 1.165) is 5.75 Å². The van der Waals surface area contributed by atoms with Gasteiger partial charge >= 0.3 is 0 Å². The third-order valence-electron chi connectivity index (χ3n) is 2.41. The molecule has 1 aromatic carbocycles. The van der Waals surface area contributed by atoms with Crippen LogP contribution in [0.3, 0.4) is 0 Å². The van der Waals surface area contributed by atoms with Crippen LogP contribution in [0.1, 0.15) is 6.92 Å². The molecule has 0 spiro atoms. The number of nitro groups is 1. The fraction of sp³-hybridized carbons (Fsp3) is 0.250. The number of nitro benzene ring substituents is 1. The van der Waals surface area contributed by atoms with Gasteiger partial charge in [0, 0.05) is 12.1 Å². The van der Waals surface area contributed by atoms with Crippen LogP contribution in [0.2, 0.25) is 0 Å². The summed E-state index contributed by atoms with van der Waals surface area (Å²) < 4.78 is 5.23. The molecular formula is C12H13N5O4S. The number of aromatic nitrogens is 3. The maximum absolute atomic E-state index is 11.7. The summed E-state index contributed by atoms with van der Waals surface area (Å²) in [6.45, 7) is 1.73. The third-order valence-corrected chi connectivity index (χ3v) is 3.14. The van der Waals surface area contributed by atoms with Gasteiger partial charge in [0.2, 0.25) is 11.1 Å². The van der Waals surface area contributed by atoms with Gasteiger partial charge in [0.1, 0.15) is 5.75 Å². The average Bonchev–Trinajstić information content (AvgIpc) is 2.93. The highest BCUT2D eigenvalue weighted by Gasteiger charge is 2.09. The summed E-state index contributed by atoms with van der Waals surface area (Å²) in [5.41, 5.74) is -0.0422. The number of carbonyl (C=O) groups excluding carboxylic acids is 1. The van der Waals surface area contributed by atoms with E-state index in [1.165, 1.54) is 36.0 Å². The molecule has 116 valence electrons. The van der Waals surface area contributed by atoms with E-state index in [1.807, 2.05) is 6.92 Å². The van der Waals surface area contributed by atoms with Crippen molar-refractivity contribution >= 4 is 29.3 Å². The zero-order valence-electron chi connectivity index (χ0n) is 11.6. The maximum atomic E-state index is 11.7. The van der Waals surface area contributed by atoms with Crippen LogP contribution in [-0.4, -0.2) is 38.4 Å². The predicted molar refractivity (Wildman–Crippen MR) is 80.0 cm³/mol. The van der Waals surface area contributed by atoms with Crippen molar-refractivity contribution in [3.8, 4) is 5.75 Å². The van der Waals surface area contributed by atoms with E-state index >= 15 is 0 Å². The molecule has 0 bridgehead atoms. The Kier molecular flexibility index (Phi) is 5.31. The Morgan fingerprint density at radius 1 is 1.45 bits per heavy atom. The van der Waals surface area contributed by atoms with Crippen molar-refractivity contribution in [2.75, 3.05) is 17.7 Å². The maximum Gasteiger partial charge on any atom is 0.269 e. The molecule has 9 nitrogen and oxygen atoms in total. The van der Waals surface area contributed by atoms with Crippen LogP contribution in [0.25, 0.3) is 0 Å². The number of nitrogens with zero attached hydrogens (tertiary/aromatic N) is 3. The number of H-pyrrole nitrogens is 1. The number of aromatic amines is 1. The Hall–Kier alpha value is -2.62. The zero-order chi connectivity index (χ0) is 15.9. The molecular weight excluding hydrogens is 310 g/mol. The molecule has 0 aliphatic heterocycles. The second-order valence-electron chi connectivity index (χ2n) is 3.99. The summed E-state index contributed by atoms with van der Waals surface area (Å²) in [7, 11) is 0. The lowest BCUT2D eigenvalue weighted by molar-refractivity contribution is -0.384. The molecule has 2 aromatic rings. The van der Waals surface area contributed by atoms with Crippen LogP contribution in [0, 0.1) is 10.1 Å². The fourth-order valence-corrected chi connectivity index (χ4v) is 2.00. The number of hydrogen-bond donors (Lipinski definition) is 2. The number of nitrogens with one attached hydrogen (secondary N) is 2. The van der Waals surface area contributed by atoms with Gasteiger partial charge in [-0.1, -0.05) is 18.7 Å². The van der Waals surface area contributed by atoms with E-state index in [-0.39, 0.29) is 18.2 Å². The largest absolute Gasteiger partial charge is 0.484 e. The van der Waals surface area contributed by atoms with Gasteiger partial charge in [-0.25, -0.2) is 5.10 Å². The van der Waals surface area contributed by atoms with Crippen molar-refractivity contribution in [1.82, 2.24) is 15.2 Å². The molecule has 0 saturated carbocycles. The normalized spacial score (nSPS) is 10.2. The molecule has 2 N–H and O–H groups in total. The lowest BCUT2D eigenvalue weighted by Crippen LogP contribution is -2.20. The number of amides is 1. The highest BCUT2D eigenvalue weighted by molar-refractivity contribution is 7.99. The van der Waals surface area contributed by atoms with Crippen LogP contribution >= 0.6 is 11.8 Å². The summed E-state index contributed by atoms with van der Waals surface area (Å²) >= 11 is 1.45. The van der Waals surface area contributed by atoms with E-state index in [1.54, 1.807) is 0 Å². The minimum atomic E-state index is -0.508. The highest BCUT2D eigenvalue weighted by Crippen LogP contribution is 2.17. The lowest BCUT2D eigenvalue weighted by Gasteiger charge is -2.05. The summed E-state index contributed by atoms with van der Waals surface area (Å²) in [6, 6.07) is 5.46. The van der Waals surface area contributed by atoms with E-state index in [0.29, 0.717) is 10.9 Å². The zero-order valence-corrected chi connectivity index (χ0v) is 12.4. The smallest absolute Gasteiger partial charge is 0.269 e. The van der Waals surface area contributed by atoms with Crippen LogP contribution in [0.4, 0.5) is 11.6 Å². The summed E-state index contributed by atoms with van der Waals surface area (Å²) in [5.74, 6) is 1.02. The number of non-ortho nitro benzene ring substituents is 1. The topological polar surface area (TPSA) is 123 Å². The van der Waals surface area contributed by atoms with Gasteiger partial charge in [0.25, 0.3) is 11.6 Å². The Labute approximate surface area is 129 Å². The molecule has 0 aliphatic carbocycles. The second-order valence-corrected chi connectivity index (χ2v) is 5.22. The van der Waals surface area contributed by atoms with Crippen molar-refractivity contribution in [2.24, 2.45) is 0 Å². The van der Waals surface area contributed by atoms with Gasteiger partial charge in [0.05, 0.1) is 4.92 Å². The number of hydrogen-bond acceptors (Lipinski definition) is 7. The third kappa shape index (κ3) is 4.45. The fourth-order valence-electron chi connectivity index (χ4n) is 1.48. The summed E-state index contributed by atoms with van der Waals surface area (Å²) in [5, 5.41) is 20.1. The lowest BCUT2D eigenvalue weighted by atomic mass is 10.3. The van der Waals surface area contributed by atoms with E-state index in [4.69, 9.17) is 4.74 Å². The minimum Gasteiger partial charge on any atom is -0.484 e. The number of rotatable bonds is 7. The van der Waals surface area contributed by atoms with Crippen molar-refractivity contribution in [3.05, 3.63) is 34.4 Å². The summed E-state index contributed by atoms with van der Waals surface area (Å²) in [4.78, 5) is 25.8. The predicted octanol–water partition coefficient (Wildman–Crippen LogP) is 1.84. The van der Waals surface area contributed by atoms with Crippen molar-refractivity contribution < 1.29 is 14.5 Å². The van der Waals surface area contributed by atoms with Gasteiger partial charge in [-0.05, 0) is 17.9 Å². The molecule has 1 amide bonds. The molecule has 1 aromatic heterocycles.